The van der Waals surface area contributed by atoms with E-state index in [2.05, 4.69) is 10.6 Å². The molecule has 0 bridgehead atoms. The summed E-state index contributed by atoms with van der Waals surface area (Å²) in [4.78, 5) is 24.8. The van der Waals surface area contributed by atoms with Crippen LogP contribution in [0.3, 0.4) is 0 Å². The Labute approximate surface area is 141 Å². The first-order chi connectivity index (χ1) is 11.5. The maximum absolute atomic E-state index is 12.4. The minimum Gasteiger partial charge on any atom is -0.465 e. The van der Waals surface area contributed by atoms with Gasteiger partial charge in [-0.25, -0.2) is 0 Å². The molecule has 2 rings (SSSR count). The number of rotatable bonds is 6. The molecule has 0 radical (unpaired) electrons. The highest BCUT2D eigenvalue weighted by Gasteiger charge is 2.16. The van der Waals surface area contributed by atoms with Crippen LogP contribution in [0.4, 0.5) is 0 Å². The number of hydrogen-bond acceptors (Lipinski definition) is 3. The molecule has 0 aliphatic carbocycles. The molecule has 0 saturated carbocycles. The maximum Gasteiger partial charge on any atom is 0.268 e. The molecule has 0 aliphatic rings. The third-order valence-electron chi connectivity index (χ3n) is 3.63. The van der Waals surface area contributed by atoms with Gasteiger partial charge in [-0.3, -0.25) is 9.59 Å². The Kier molecular flexibility index (Phi) is 5.95. The number of furan rings is 1. The number of amides is 2. The quantitative estimate of drug-likeness (QED) is 0.800. The summed E-state index contributed by atoms with van der Waals surface area (Å²) in [5.74, 6) is -0.193. The molecule has 0 saturated heterocycles. The largest absolute Gasteiger partial charge is 0.465 e. The fourth-order valence-electron chi connectivity index (χ4n) is 1.98. The lowest BCUT2D eigenvalue weighted by molar-refractivity contribution is -0.118. The van der Waals surface area contributed by atoms with Crippen LogP contribution in [0.2, 0.25) is 0 Å². The minimum atomic E-state index is -0.346. The zero-order chi connectivity index (χ0) is 17.5. The number of aryl methyl sites for hydroxylation is 1. The molecule has 1 heterocycles. The van der Waals surface area contributed by atoms with Crippen molar-refractivity contribution in [1.29, 1.82) is 0 Å². The zero-order valence-electron chi connectivity index (χ0n) is 14.1. The topological polar surface area (TPSA) is 71.3 Å². The van der Waals surface area contributed by atoms with E-state index in [-0.39, 0.29) is 23.6 Å². The maximum atomic E-state index is 12.4. The van der Waals surface area contributed by atoms with Crippen LogP contribution in [0, 0.1) is 6.92 Å². The van der Waals surface area contributed by atoms with E-state index in [0.717, 1.165) is 12.0 Å². The molecule has 1 atom stereocenters. The van der Waals surface area contributed by atoms with Crippen LogP contribution in [-0.4, -0.2) is 17.9 Å². The van der Waals surface area contributed by atoms with Crippen LogP contribution >= 0.6 is 0 Å². The molecule has 2 N–H and O–H groups in total. The van der Waals surface area contributed by atoms with Gasteiger partial charge in [0.1, 0.15) is 11.5 Å². The summed E-state index contributed by atoms with van der Waals surface area (Å²) < 4.78 is 5.24. The lowest BCUT2D eigenvalue weighted by atomic mass is 10.1. The first-order valence-electron chi connectivity index (χ1n) is 7.93. The van der Waals surface area contributed by atoms with Gasteiger partial charge < -0.3 is 15.1 Å². The number of benzene rings is 1. The Morgan fingerprint density at radius 2 is 1.92 bits per heavy atom. The van der Waals surface area contributed by atoms with Crippen molar-refractivity contribution in [2.75, 3.05) is 0 Å². The molecule has 0 aliphatic heterocycles. The molecule has 2 amide bonds. The van der Waals surface area contributed by atoms with Gasteiger partial charge in [0.2, 0.25) is 0 Å². The number of nitrogens with one attached hydrogen (secondary N) is 2. The molecule has 5 nitrogen and oxygen atoms in total. The monoisotopic (exact) mass is 326 g/mol. The predicted molar refractivity (Wildman–Crippen MR) is 93.2 cm³/mol. The summed E-state index contributed by atoms with van der Waals surface area (Å²) in [5, 5.41) is 5.51. The molecule has 5 heteroatoms. The first kappa shape index (κ1) is 17.5. The summed E-state index contributed by atoms with van der Waals surface area (Å²) in [6.45, 7) is 5.83. The van der Waals surface area contributed by atoms with Crippen LogP contribution in [0.25, 0.3) is 6.08 Å². The molecular formula is C19H22N2O3. The van der Waals surface area contributed by atoms with Crippen molar-refractivity contribution in [3.63, 3.8) is 0 Å². The van der Waals surface area contributed by atoms with E-state index < -0.39 is 0 Å². The van der Waals surface area contributed by atoms with Crippen LogP contribution in [0.5, 0.6) is 0 Å². The molecular weight excluding hydrogens is 304 g/mol. The van der Waals surface area contributed by atoms with E-state index in [1.165, 1.54) is 12.3 Å². The van der Waals surface area contributed by atoms with Crippen LogP contribution in [0.15, 0.2) is 52.8 Å². The van der Waals surface area contributed by atoms with Gasteiger partial charge in [-0.15, -0.1) is 0 Å². The summed E-state index contributed by atoms with van der Waals surface area (Å²) in [6.07, 6.45) is 3.83. The van der Waals surface area contributed by atoms with Crippen LogP contribution in [0.1, 0.15) is 41.9 Å². The molecule has 0 fully saturated rings. The lowest BCUT2D eigenvalue weighted by Gasteiger charge is -2.14. The van der Waals surface area contributed by atoms with Gasteiger partial charge in [0.05, 0.1) is 6.26 Å². The highest BCUT2D eigenvalue weighted by Crippen LogP contribution is 2.09. The zero-order valence-corrected chi connectivity index (χ0v) is 14.1. The van der Waals surface area contributed by atoms with E-state index in [9.17, 15) is 9.59 Å². The minimum absolute atomic E-state index is 0.00813. The lowest BCUT2D eigenvalue weighted by Crippen LogP contribution is -2.38. The molecule has 1 aromatic carbocycles. The van der Waals surface area contributed by atoms with Gasteiger partial charge in [-0.2, -0.15) is 0 Å². The third kappa shape index (κ3) is 4.84. The summed E-state index contributed by atoms with van der Waals surface area (Å²) in [5.41, 5.74) is 1.70. The Hall–Kier alpha value is -2.82. The van der Waals surface area contributed by atoms with E-state index in [4.69, 9.17) is 4.42 Å². The second-order valence-corrected chi connectivity index (χ2v) is 5.68. The fourth-order valence-corrected chi connectivity index (χ4v) is 1.98. The standard InChI is InChI=1S/C19H22N2O3/c1-4-14(3)20-19(23)17(12-16-6-5-11-24-16)21-18(22)15-9-7-13(2)8-10-15/h5-12,14H,4H2,1-3H3,(H,20,23)(H,21,22)/b17-12-. The molecule has 24 heavy (non-hydrogen) atoms. The number of carbonyl (C=O) groups is 2. The van der Waals surface area contributed by atoms with Crippen molar-refractivity contribution in [2.45, 2.75) is 33.2 Å². The summed E-state index contributed by atoms with van der Waals surface area (Å²) >= 11 is 0. The van der Waals surface area contributed by atoms with Crippen molar-refractivity contribution in [1.82, 2.24) is 10.6 Å². The SMILES string of the molecule is CCC(C)NC(=O)/C(=C/c1ccco1)NC(=O)c1ccc(C)cc1. The summed E-state index contributed by atoms with van der Waals surface area (Å²) in [7, 11) is 0. The van der Waals surface area contributed by atoms with E-state index in [1.807, 2.05) is 32.9 Å². The van der Waals surface area contributed by atoms with Crippen LogP contribution in [-0.2, 0) is 4.79 Å². The van der Waals surface area contributed by atoms with E-state index in [1.54, 1.807) is 24.3 Å². The Morgan fingerprint density at radius 3 is 2.50 bits per heavy atom. The normalized spacial score (nSPS) is 12.5. The molecule has 1 unspecified atom stereocenters. The van der Waals surface area contributed by atoms with Gasteiger partial charge in [-0.1, -0.05) is 24.6 Å². The highest BCUT2D eigenvalue weighted by atomic mass is 16.3. The highest BCUT2D eigenvalue weighted by molar-refractivity contribution is 6.05. The molecule has 2 aromatic rings. The smallest absolute Gasteiger partial charge is 0.268 e. The second kappa shape index (κ2) is 8.15. The van der Waals surface area contributed by atoms with Gasteiger partial charge in [0, 0.05) is 17.7 Å². The van der Waals surface area contributed by atoms with Crippen molar-refractivity contribution in [3.8, 4) is 0 Å². The second-order valence-electron chi connectivity index (χ2n) is 5.68. The fraction of sp³-hybridized carbons (Fsp3) is 0.263. The molecule has 0 spiro atoms. The van der Waals surface area contributed by atoms with E-state index in [0.29, 0.717) is 11.3 Å². The van der Waals surface area contributed by atoms with Crippen LogP contribution < -0.4 is 10.6 Å². The first-order valence-corrected chi connectivity index (χ1v) is 7.93. The average Bonchev–Trinajstić information content (AvgIpc) is 3.07. The van der Waals surface area contributed by atoms with E-state index >= 15 is 0 Å². The number of carbonyl (C=O) groups excluding carboxylic acids is 2. The Morgan fingerprint density at radius 1 is 1.21 bits per heavy atom. The van der Waals surface area contributed by atoms with Gasteiger partial charge in [-0.05, 0) is 44.5 Å². The third-order valence-corrected chi connectivity index (χ3v) is 3.63. The molecule has 126 valence electrons. The van der Waals surface area contributed by atoms with Crippen molar-refractivity contribution < 1.29 is 14.0 Å². The van der Waals surface area contributed by atoms with Crippen molar-refractivity contribution in [2.24, 2.45) is 0 Å². The molecule has 1 aromatic heterocycles. The average molecular weight is 326 g/mol. The predicted octanol–water partition coefficient (Wildman–Crippen LogP) is 3.27. The van der Waals surface area contributed by atoms with Gasteiger partial charge in [0.15, 0.2) is 0 Å². The Balaban J connectivity index is 2.20. The van der Waals surface area contributed by atoms with Crippen molar-refractivity contribution >= 4 is 17.9 Å². The van der Waals surface area contributed by atoms with Gasteiger partial charge in [0.25, 0.3) is 11.8 Å². The Bertz CT molecular complexity index is 716. The number of hydrogen-bond donors (Lipinski definition) is 2. The summed E-state index contributed by atoms with van der Waals surface area (Å²) in [6, 6.07) is 10.6. The van der Waals surface area contributed by atoms with Crippen molar-refractivity contribution in [3.05, 3.63) is 65.2 Å². The van der Waals surface area contributed by atoms with Gasteiger partial charge >= 0.3 is 0 Å².